The standard InChI is InChI=1S/C24H14BNO2/c1-4-10-17-14(7-1)22-18(26-17)13-21-23-24(22)28-20-12-6-3-9-16(20)25(23)15-8-2-5-11-19(15)27-21/h1-13,26H. The minimum atomic E-state index is 0.109. The highest BCUT2D eigenvalue weighted by Crippen LogP contribution is 2.42. The number of nitrogens with one attached hydrogen (secondary N) is 1. The van der Waals surface area contributed by atoms with Gasteiger partial charge in [-0.2, -0.15) is 0 Å². The van der Waals surface area contributed by atoms with Crippen molar-refractivity contribution in [2.75, 3.05) is 0 Å². The SMILES string of the molecule is c1ccc2c(c1)Oc1cc3[nH]c4ccccc4c3c3c1B2c1ccccc1O3. The van der Waals surface area contributed by atoms with Crippen LogP contribution < -0.4 is 25.9 Å². The molecule has 0 radical (unpaired) electrons. The lowest BCUT2D eigenvalue weighted by Gasteiger charge is -2.33. The first kappa shape index (κ1) is 14.4. The van der Waals surface area contributed by atoms with Crippen molar-refractivity contribution in [1.82, 2.24) is 4.98 Å². The molecule has 1 N–H and O–H groups in total. The van der Waals surface area contributed by atoms with E-state index in [0.29, 0.717) is 0 Å². The summed E-state index contributed by atoms with van der Waals surface area (Å²) >= 11 is 0. The summed E-state index contributed by atoms with van der Waals surface area (Å²) in [5.41, 5.74) is 5.63. The molecule has 0 amide bonds. The topological polar surface area (TPSA) is 34.2 Å². The van der Waals surface area contributed by atoms with E-state index >= 15 is 0 Å². The van der Waals surface area contributed by atoms with Gasteiger partial charge in [0, 0.05) is 27.8 Å². The molecule has 0 spiro atoms. The van der Waals surface area contributed by atoms with Crippen molar-refractivity contribution in [1.29, 1.82) is 0 Å². The maximum atomic E-state index is 6.52. The van der Waals surface area contributed by atoms with Crippen LogP contribution in [0.1, 0.15) is 0 Å². The third-order valence-electron chi connectivity index (χ3n) is 5.93. The molecule has 28 heavy (non-hydrogen) atoms. The van der Waals surface area contributed by atoms with Crippen LogP contribution in [0.2, 0.25) is 0 Å². The molecule has 0 atom stereocenters. The van der Waals surface area contributed by atoms with Crippen LogP contribution in [0.25, 0.3) is 21.8 Å². The van der Waals surface area contributed by atoms with Gasteiger partial charge in [0.15, 0.2) is 0 Å². The van der Waals surface area contributed by atoms with Gasteiger partial charge in [-0.1, -0.05) is 54.6 Å². The van der Waals surface area contributed by atoms with E-state index in [4.69, 9.17) is 9.47 Å². The summed E-state index contributed by atoms with van der Waals surface area (Å²) in [6, 6.07) is 27.1. The average Bonchev–Trinajstić information content (AvgIpc) is 3.11. The van der Waals surface area contributed by atoms with Crippen molar-refractivity contribution < 1.29 is 9.47 Å². The molecule has 0 saturated heterocycles. The number of para-hydroxylation sites is 3. The maximum absolute atomic E-state index is 6.52. The molecule has 7 rings (SSSR count). The maximum Gasteiger partial charge on any atom is 0.260 e. The van der Waals surface area contributed by atoms with E-state index in [0.717, 1.165) is 44.9 Å². The monoisotopic (exact) mass is 359 g/mol. The summed E-state index contributed by atoms with van der Waals surface area (Å²) in [7, 11) is 0. The summed E-state index contributed by atoms with van der Waals surface area (Å²) < 4.78 is 12.9. The van der Waals surface area contributed by atoms with Gasteiger partial charge in [0.25, 0.3) is 6.71 Å². The molecule has 1 aromatic heterocycles. The summed E-state index contributed by atoms with van der Waals surface area (Å²) in [6.45, 7) is 0.109. The Hall–Kier alpha value is -3.66. The lowest BCUT2D eigenvalue weighted by Crippen LogP contribution is -2.57. The largest absolute Gasteiger partial charge is 0.458 e. The number of aromatic amines is 1. The molecule has 0 aliphatic carbocycles. The lowest BCUT2D eigenvalue weighted by atomic mass is 9.35. The third kappa shape index (κ3) is 1.70. The predicted octanol–water partition coefficient (Wildman–Crippen LogP) is 4.05. The van der Waals surface area contributed by atoms with Gasteiger partial charge in [0.1, 0.15) is 23.0 Å². The molecule has 2 aliphatic heterocycles. The second kappa shape index (κ2) is 4.99. The van der Waals surface area contributed by atoms with Crippen LogP contribution >= 0.6 is 0 Å². The molecule has 5 aromatic rings. The first-order valence-electron chi connectivity index (χ1n) is 9.49. The molecule has 130 valence electrons. The van der Waals surface area contributed by atoms with E-state index in [1.54, 1.807) is 0 Å². The fourth-order valence-corrected chi connectivity index (χ4v) is 4.77. The van der Waals surface area contributed by atoms with Gasteiger partial charge in [-0.15, -0.1) is 0 Å². The van der Waals surface area contributed by atoms with Crippen molar-refractivity contribution in [3.63, 3.8) is 0 Å². The highest BCUT2D eigenvalue weighted by molar-refractivity contribution is 6.98. The van der Waals surface area contributed by atoms with Gasteiger partial charge >= 0.3 is 0 Å². The van der Waals surface area contributed by atoms with Crippen molar-refractivity contribution in [3.8, 4) is 23.0 Å². The summed E-state index contributed by atoms with van der Waals surface area (Å²) in [6.07, 6.45) is 0. The molecule has 3 heterocycles. The lowest BCUT2D eigenvalue weighted by molar-refractivity contribution is 0.468. The molecule has 2 aliphatic rings. The molecule has 4 aromatic carbocycles. The van der Waals surface area contributed by atoms with Gasteiger partial charge in [0.05, 0.1) is 5.52 Å². The molecule has 0 fully saturated rings. The number of H-pyrrole nitrogens is 1. The van der Waals surface area contributed by atoms with Gasteiger partial charge < -0.3 is 14.5 Å². The highest BCUT2D eigenvalue weighted by Gasteiger charge is 2.41. The van der Waals surface area contributed by atoms with Crippen LogP contribution in [0.5, 0.6) is 23.0 Å². The van der Waals surface area contributed by atoms with E-state index in [2.05, 4.69) is 65.6 Å². The zero-order chi connectivity index (χ0) is 18.2. The third-order valence-corrected chi connectivity index (χ3v) is 5.93. The fraction of sp³-hybridized carbons (Fsp3) is 0. The van der Waals surface area contributed by atoms with E-state index in [1.165, 1.54) is 16.3 Å². The van der Waals surface area contributed by atoms with Crippen LogP contribution in [-0.2, 0) is 0 Å². The van der Waals surface area contributed by atoms with Crippen LogP contribution in [0, 0.1) is 0 Å². The zero-order valence-electron chi connectivity index (χ0n) is 14.9. The van der Waals surface area contributed by atoms with Crippen LogP contribution in [-0.4, -0.2) is 11.7 Å². The number of hydrogen-bond donors (Lipinski definition) is 1. The molecular weight excluding hydrogens is 345 g/mol. The Kier molecular flexibility index (Phi) is 2.57. The predicted molar refractivity (Wildman–Crippen MR) is 113 cm³/mol. The van der Waals surface area contributed by atoms with Gasteiger partial charge in [-0.3, -0.25) is 0 Å². The Balaban J connectivity index is 1.67. The van der Waals surface area contributed by atoms with Gasteiger partial charge in [0.2, 0.25) is 0 Å². The van der Waals surface area contributed by atoms with E-state index in [-0.39, 0.29) is 6.71 Å². The molecule has 0 bridgehead atoms. The Bertz CT molecular complexity index is 1420. The van der Waals surface area contributed by atoms with Crippen LogP contribution in [0.15, 0.2) is 78.9 Å². The summed E-state index contributed by atoms with van der Waals surface area (Å²) in [5.74, 6) is 3.61. The van der Waals surface area contributed by atoms with Crippen LogP contribution in [0.3, 0.4) is 0 Å². The molecule has 0 saturated carbocycles. The molecule has 4 heteroatoms. The number of fused-ring (bicyclic) bond motifs is 8. The number of aromatic nitrogens is 1. The Morgan fingerprint density at radius 1 is 0.643 bits per heavy atom. The Labute approximate surface area is 161 Å². The van der Waals surface area contributed by atoms with Crippen LogP contribution in [0.4, 0.5) is 0 Å². The number of ether oxygens (including phenoxy) is 2. The normalized spacial score (nSPS) is 13.5. The van der Waals surface area contributed by atoms with Gasteiger partial charge in [-0.25, -0.2) is 0 Å². The van der Waals surface area contributed by atoms with Crippen molar-refractivity contribution in [2.45, 2.75) is 0 Å². The fourth-order valence-electron chi connectivity index (χ4n) is 4.77. The minimum absolute atomic E-state index is 0.109. The smallest absolute Gasteiger partial charge is 0.260 e. The first-order valence-corrected chi connectivity index (χ1v) is 9.49. The summed E-state index contributed by atoms with van der Waals surface area (Å²) in [4.78, 5) is 3.53. The second-order valence-corrected chi connectivity index (χ2v) is 7.42. The van der Waals surface area contributed by atoms with Crippen molar-refractivity contribution >= 4 is 44.9 Å². The minimum Gasteiger partial charge on any atom is -0.458 e. The molecule has 3 nitrogen and oxygen atoms in total. The Morgan fingerprint density at radius 3 is 2.14 bits per heavy atom. The van der Waals surface area contributed by atoms with Crippen molar-refractivity contribution in [2.24, 2.45) is 0 Å². The second-order valence-electron chi connectivity index (χ2n) is 7.42. The highest BCUT2D eigenvalue weighted by atomic mass is 16.5. The number of benzene rings is 4. The average molecular weight is 359 g/mol. The Morgan fingerprint density at radius 2 is 1.32 bits per heavy atom. The van der Waals surface area contributed by atoms with E-state index in [1.807, 2.05) is 18.2 Å². The van der Waals surface area contributed by atoms with Gasteiger partial charge in [-0.05, 0) is 29.1 Å². The number of hydrogen-bond acceptors (Lipinski definition) is 2. The van der Waals surface area contributed by atoms with Crippen molar-refractivity contribution in [3.05, 3.63) is 78.9 Å². The summed E-state index contributed by atoms with van der Waals surface area (Å²) in [5, 5.41) is 2.30. The van der Waals surface area contributed by atoms with E-state index < -0.39 is 0 Å². The zero-order valence-corrected chi connectivity index (χ0v) is 14.9. The molecular formula is C24H14BNO2. The molecule has 0 unspecified atom stereocenters. The first-order chi connectivity index (χ1) is 13.9. The number of rotatable bonds is 0. The quantitative estimate of drug-likeness (QED) is 0.415. The van der Waals surface area contributed by atoms with E-state index in [9.17, 15) is 0 Å².